The molecule has 1 N–H and O–H groups in total. The highest BCUT2D eigenvalue weighted by Gasteiger charge is 2.06. The van der Waals surface area contributed by atoms with Crippen molar-refractivity contribution in [2.45, 2.75) is 0 Å². The van der Waals surface area contributed by atoms with Gasteiger partial charge in [-0.25, -0.2) is 9.78 Å². The lowest BCUT2D eigenvalue weighted by molar-refractivity contribution is 0.0690. The summed E-state index contributed by atoms with van der Waals surface area (Å²) >= 11 is 0. The Kier molecular flexibility index (Phi) is 4.09. The largest absolute Gasteiger partial charge is 0.477 e. The zero-order valence-corrected chi connectivity index (χ0v) is 10.8. The molecule has 0 unspecified atom stereocenters. The van der Waals surface area contributed by atoms with Crippen LogP contribution in [0.25, 0.3) is 17.3 Å². The van der Waals surface area contributed by atoms with Crippen molar-refractivity contribution in [3.63, 3.8) is 0 Å². The first-order chi connectivity index (χ1) is 10.1. The minimum atomic E-state index is -1.08. The van der Waals surface area contributed by atoms with Crippen LogP contribution in [0.2, 0.25) is 0 Å². The fourth-order valence-electron chi connectivity index (χ4n) is 1.72. The Balaban J connectivity index is 2.34. The van der Waals surface area contributed by atoms with E-state index in [0.29, 0.717) is 11.3 Å². The highest BCUT2D eigenvalue weighted by molar-refractivity contribution is 5.86. The van der Waals surface area contributed by atoms with Gasteiger partial charge in [0.05, 0.1) is 5.69 Å². The number of allylic oxidation sites excluding steroid dienone is 1. The van der Waals surface area contributed by atoms with E-state index in [1.807, 2.05) is 0 Å². The first kappa shape index (κ1) is 14.0. The highest BCUT2D eigenvalue weighted by atomic mass is 16.4. The smallest absolute Gasteiger partial charge is 0.354 e. The number of aromatic carboxylic acids is 1. The van der Waals surface area contributed by atoms with Gasteiger partial charge in [0.15, 0.2) is 0 Å². The van der Waals surface area contributed by atoms with Crippen LogP contribution in [0, 0.1) is 22.7 Å². The van der Waals surface area contributed by atoms with Crippen molar-refractivity contribution < 1.29 is 9.90 Å². The molecule has 0 spiro atoms. The molecule has 0 amide bonds. The maximum absolute atomic E-state index is 10.9. The number of aromatic nitrogens is 1. The molecule has 0 fully saturated rings. The standard InChI is InChI=1S/C16H9N3O2/c17-9-12(10-18)8-11-4-6-13(7-5-11)14-2-1-3-15(19-14)16(20)21/h1-8H,(H,20,21). The lowest BCUT2D eigenvalue weighted by Gasteiger charge is -2.02. The molecular weight excluding hydrogens is 266 g/mol. The predicted octanol–water partition coefficient (Wildman–Crippen LogP) is 2.88. The molecule has 0 aliphatic carbocycles. The molecule has 1 aromatic carbocycles. The van der Waals surface area contributed by atoms with Crippen molar-refractivity contribution in [1.29, 1.82) is 10.5 Å². The third-order valence-electron chi connectivity index (χ3n) is 2.73. The van der Waals surface area contributed by atoms with Gasteiger partial charge in [-0.3, -0.25) is 0 Å². The monoisotopic (exact) mass is 275 g/mol. The summed E-state index contributed by atoms with van der Waals surface area (Å²) in [6.07, 6.45) is 1.48. The Morgan fingerprint density at radius 3 is 2.33 bits per heavy atom. The van der Waals surface area contributed by atoms with Crippen molar-refractivity contribution in [1.82, 2.24) is 4.98 Å². The maximum Gasteiger partial charge on any atom is 0.354 e. The van der Waals surface area contributed by atoms with E-state index in [1.165, 1.54) is 12.1 Å². The lowest BCUT2D eigenvalue weighted by atomic mass is 10.1. The topological polar surface area (TPSA) is 97.8 Å². The Labute approximate surface area is 121 Å². The number of nitriles is 2. The van der Waals surface area contributed by atoms with Gasteiger partial charge in [-0.15, -0.1) is 0 Å². The fraction of sp³-hybridized carbons (Fsp3) is 0. The number of hydrogen-bond donors (Lipinski definition) is 1. The molecule has 21 heavy (non-hydrogen) atoms. The summed E-state index contributed by atoms with van der Waals surface area (Å²) < 4.78 is 0. The second-order valence-electron chi connectivity index (χ2n) is 4.12. The average Bonchev–Trinajstić information content (AvgIpc) is 2.53. The Hall–Kier alpha value is -3.44. The second kappa shape index (κ2) is 6.14. The van der Waals surface area contributed by atoms with Crippen LogP contribution in [0.1, 0.15) is 16.1 Å². The van der Waals surface area contributed by atoms with Gasteiger partial charge in [-0.05, 0) is 23.8 Å². The Morgan fingerprint density at radius 2 is 1.76 bits per heavy atom. The molecule has 0 saturated heterocycles. The summed E-state index contributed by atoms with van der Waals surface area (Å²) in [5.74, 6) is -1.08. The van der Waals surface area contributed by atoms with E-state index in [4.69, 9.17) is 15.6 Å². The maximum atomic E-state index is 10.9. The van der Waals surface area contributed by atoms with Gasteiger partial charge in [-0.1, -0.05) is 30.3 Å². The number of nitrogens with zero attached hydrogens (tertiary/aromatic N) is 3. The molecule has 0 radical (unpaired) electrons. The summed E-state index contributed by atoms with van der Waals surface area (Å²) in [5.41, 5.74) is 2.02. The van der Waals surface area contributed by atoms with Gasteiger partial charge in [-0.2, -0.15) is 10.5 Å². The van der Waals surface area contributed by atoms with Crippen LogP contribution in [0.5, 0.6) is 0 Å². The van der Waals surface area contributed by atoms with Crippen molar-refractivity contribution in [2.75, 3.05) is 0 Å². The van der Waals surface area contributed by atoms with Crippen LogP contribution in [-0.4, -0.2) is 16.1 Å². The van der Waals surface area contributed by atoms with Crippen molar-refractivity contribution >= 4 is 12.0 Å². The zero-order valence-electron chi connectivity index (χ0n) is 10.8. The molecule has 0 aliphatic rings. The third-order valence-corrected chi connectivity index (χ3v) is 2.73. The molecule has 0 saturated carbocycles. The molecule has 2 aromatic rings. The Morgan fingerprint density at radius 1 is 1.10 bits per heavy atom. The Bertz CT molecular complexity index is 778. The number of carboxylic acids is 1. The summed E-state index contributed by atoms with van der Waals surface area (Å²) in [7, 11) is 0. The van der Waals surface area contributed by atoms with E-state index in [2.05, 4.69) is 4.98 Å². The van der Waals surface area contributed by atoms with Gasteiger partial charge in [0.2, 0.25) is 0 Å². The molecule has 5 nitrogen and oxygen atoms in total. The number of carboxylic acid groups (broad SMARTS) is 1. The third kappa shape index (κ3) is 3.31. The van der Waals surface area contributed by atoms with Gasteiger partial charge in [0, 0.05) is 5.56 Å². The van der Waals surface area contributed by atoms with Gasteiger partial charge >= 0.3 is 5.97 Å². The minimum absolute atomic E-state index is 0.0206. The normalized spacial score (nSPS) is 9.24. The van der Waals surface area contributed by atoms with Crippen LogP contribution in [0.3, 0.4) is 0 Å². The van der Waals surface area contributed by atoms with E-state index in [-0.39, 0.29) is 11.3 Å². The molecule has 0 bridgehead atoms. The van der Waals surface area contributed by atoms with E-state index in [1.54, 1.807) is 48.5 Å². The molecule has 100 valence electrons. The molecule has 1 aromatic heterocycles. The minimum Gasteiger partial charge on any atom is -0.477 e. The zero-order chi connectivity index (χ0) is 15.2. The van der Waals surface area contributed by atoms with Gasteiger partial charge in [0.25, 0.3) is 0 Å². The summed E-state index contributed by atoms with van der Waals surface area (Å²) in [6.45, 7) is 0. The van der Waals surface area contributed by atoms with E-state index in [0.717, 1.165) is 5.56 Å². The quantitative estimate of drug-likeness (QED) is 0.868. The second-order valence-corrected chi connectivity index (χ2v) is 4.12. The summed E-state index contributed by atoms with van der Waals surface area (Å²) in [5, 5.41) is 26.3. The predicted molar refractivity (Wildman–Crippen MR) is 75.8 cm³/mol. The van der Waals surface area contributed by atoms with Gasteiger partial charge in [0.1, 0.15) is 23.4 Å². The number of pyridine rings is 1. The summed E-state index contributed by atoms with van der Waals surface area (Å²) in [6, 6.07) is 15.3. The molecular formula is C16H9N3O2. The molecule has 0 atom stereocenters. The van der Waals surface area contributed by atoms with Crippen molar-refractivity contribution in [3.8, 4) is 23.4 Å². The average molecular weight is 275 g/mol. The summed E-state index contributed by atoms with van der Waals surface area (Å²) in [4.78, 5) is 14.9. The molecule has 5 heteroatoms. The lowest BCUT2D eigenvalue weighted by Crippen LogP contribution is -2.00. The van der Waals surface area contributed by atoms with Crippen molar-refractivity contribution in [3.05, 3.63) is 59.3 Å². The van der Waals surface area contributed by atoms with Gasteiger partial charge < -0.3 is 5.11 Å². The van der Waals surface area contributed by atoms with Crippen LogP contribution < -0.4 is 0 Å². The first-order valence-electron chi connectivity index (χ1n) is 5.96. The number of carbonyl (C=O) groups is 1. The van der Waals surface area contributed by atoms with Crippen LogP contribution in [0.4, 0.5) is 0 Å². The number of benzene rings is 1. The number of rotatable bonds is 3. The fourth-order valence-corrected chi connectivity index (χ4v) is 1.72. The first-order valence-corrected chi connectivity index (χ1v) is 5.96. The number of hydrogen-bond acceptors (Lipinski definition) is 4. The van der Waals surface area contributed by atoms with Crippen LogP contribution >= 0.6 is 0 Å². The SMILES string of the molecule is N#CC(C#N)=Cc1ccc(-c2cccc(C(=O)O)n2)cc1. The molecule has 1 heterocycles. The van der Waals surface area contributed by atoms with E-state index in [9.17, 15) is 4.79 Å². The van der Waals surface area contributed by atoms with Crippen LogP contribution in [-0.2, 0) is 0 Å². The molecule has 0 aliphatic heterocycles. The van der Waals surface area contributed by atoms with Crippen LogP contribution in [0.15, 0.2) is 48.0 Å². The van der Waals surface area contributed by atoms with Crippen molar-refractivity contribution in [2.24, 2.45) is 0 Å². The molecule has 2 rings (SSSR count). The van der Waals surface area contributed by atoms with E-state index >= 15 is 0 Å². The van der Waals surface area contributed by atoms with E-state index < -0.39 is 5.97 Å². The highest BCUT2D eigenvalue weighted by Crippen LogP contribution is 2.19.